The predicted molar refractivity (Wildman–Crippen MR) is 67.3 cm³/mol. The number of ether oxygens (including phenoxy) is 1. The highest BCUT2D eigenvalue weighted by molar-refractivity contribution is 5.79. The number of benzene rings is 1. The zero-order chi connectivity index (χ0) is 12.7. The zero-order valence-electron chi connectivity index (χ0n) is 10.2. The molecule has 3 heteroatoms. The fraction of sp³-hybridized carbons (Fsp3) is 0.357. The summed E-state index contributed by atoms with van der Waals surface area (Å²) in [6.07, 6.45) is 4.60. The summed E-state index contributed by atoms with van der Waals surface area (Å²) in [4.78, 5) is 10.3. The SMILES string of the molecule is CC(C)Oc1ccc(CC/C=C/C(=O)O)cc1. The average molecular weight is 234 g/mol. The van der Waals surface area contributed by atoms with E-state index in [-0.39, 0.29) is 6.10 Å². The van der Waals surface area contributed by atoms with Gasteiger partial charge in [-0.05, 0) is 44.4 Å². The topological polar surface area (TPSA) is 46.5 Å². The monoisotopic (exact) mass is 234 g/mol. The molecule has 1 aromatic rings. The highest BCUT2D eigenvalue weighted by Gasteiger charge is 1.97. The average Bonchev–Trinajstić information content (AvgIpc) is 2.25. The van der Waals surface area contributed by atoms with Gasteiger partial charge in [0.1, 0.15) is 5.75 Å². The van der Waals surface area contributed by atoms with E-state index in [1.54, 1.807) is 6.08 Å². The Balaban J connectivity index is 2.43. The number of hydrogen-bond acceptors (Lipinski definition) is 2. The maximum absolute atomic E-state index is 10.3. The van der Waals surface area contributed by atoms with Crippen LogP contribution in [0.2, 0.25) is 0 Å². The second kappa shape index (κ2) is 6.74. The van der Waals surface area contributed by atoms with E-state index in [0.717, 1.165) is 18.6 Å². The predicted octanol–water partition coefficient (Wildman–Crippen LogP) is 3.05. The standard InChI is InChI=1S/C14H18O3/c1-11(2)17-13-9-7-12(8-10-13)5-3-4-6-14(15)16/h4,6-11H,3,5H2,1-2H3,(H,15,16)/b6-4+. The minimum atomic E-state index is -0.898. The van der Waals surface area contributed by atoms with E-state index < -0.39 is 5.97 Å². The molecule has 0 bridgehead atoms. The Hall–Kier alpha value is -1.77. The lowest BCUT2D eigenvalue weighted by atomic mass is 10.1. The van der Waals surface area contributed by atoms with Crippen LogP contribution in [0.4, 0.5) is 0 Å². The molecule has 17 heavy (non-hydrogen) atoms. The van der Waals surface area contributed by atoms with Crippen molar-refractivity contribution in [2.75, 3.05) is 0 Å². The van der Waals surface area contributed by atoms with Crippen molar-refractivity contribution in [3.8, 4) is 5.75 Å². The van der Waals surface area contributed by atoms with Crippen molar-refractivity contribution in [3.05, 3.63) is 42.0 Å². The Morgan fingerprint density at radius 1 is 1.35 bits per heavy atom. The lowest BCUT2D eigenvalue weighted by Crippen LogP contribution is -2.05. The Bertz CT molecular complexity index is 377. The molecule has 1 N–H and O–H groups in total. The van der Waals surface area contributed by atoms with Gasteiger partial charge in [-0.25, -0.2) is 4.79 Å². The van der Waals surface area contributed by atoms with Crippen LogP contribution in [-0.4, -0.2) is 17.2 Å². The van der Waals surface area contributed by atoms with E-state index in [0.29, 0.717) is 0 Å². The molecule has 0 heterocycles. The molecule has 0 fully saturated rings. The highest BCUT2D eigenvalue weighted by atomic mass is 16.5. The van der Waals surface area contributed by atoms with Crippen molar-refractivity contribution >= 4 is 5.97 Å². The molecule has 1 rings (SSSR count). The van der Waals surface area contributed by atoms with E-state index in [9.17, 15) is 4.79 Å². The van der Waals surface area contributed by atoms with Crippen LogP contribution < -0.4 is 4.74 Å². The molecule has 0 aliphatic heterocycles. The number of hydrogen-bond donors (Lipinski definition) is 1. The van der Waals surface area contributed by atoms with Gasteiger partial charge in [0.05, 0.1) is 6.10 Å². The summed E-state index contributed by atoms with van der Waals surface area (Å²) in [6.45, 7) is 3.98. The van der Waals surface area contributed by atoms with Crippen molar-refractivity contribution in [1.29, 1.82) is 0 Å². The van der Waals surface area contributed by atoms with E-state index in [2.05, 4.69) is 0 Å². The summed E-state index contributed by atoms with van der Waals surface area (Å²) >= 11 is 0. The molecular formula is C14H18O3. The molecule has 0 saturated heterocycles. The molecule has 0 atom stereocenters. The van der Waals surface area contributed by atoms with E-state index in [1.807, 2.05) is 38.1 Å². The van der Waals surface area contributed by atoms with Crippen molar-refractivity contribution in [3.63, 3.8) is 0 Å². The van der Waals surface area contributed by atoms with Gasteiger partial charge in [0.15, 0.2) is 0 Å². The van der Waals surface area contributed by atoms with E-state index in [4.69, 9.17) is 9.84 Å². The first-order valence-electron chi connectivity index (χ1n) is 5.73. The summed E-state index contributed by atoms with van der Waals surface area (Å²) in [5.41, 5.74) is 1.18. The second-order valence-electron chi connectivity index (χ2n) is 4.09. The van der Waals surface area contributed by atoms with Crippen LogP contribution in [0.5, 0.6) is 5.75 Å². The third-order valence-electron chi connectivity index (χ3n) is 2.16. The van der Waals surface area contributed by atoms with Crippen LogP contribution in [0.25, 0.3) is 0 Å². The first-order valence-corrected chi connectivity index (χ1v) is 5.73. The maximum atomic E-state index is 10.3. The number of aliphatic carboxylic acids is 1. The summed E-state index contributed by atoms with van der Waals surface area (Å²) in [5.74, 6) is -0.0319. The smallest absolute Gasteiger partial charge is 0.327 e. The molecule has 0 spiro atoms. The van der Waals surface area contributed by atoms with Gasteiger partial charge in [0, 0.05) is 6.08 Å². The first-order chi connectivity index (χ1) is 8.08. The van der Waals surface area contributed by atoms with E-state index >= 15 is 0 Å². The summed E-state index contributed by atoms with van der Waals surface area (Å²) in [6, 6.07) is 7.89. The molecule has 0 aromatic heterocycles. The van der Waals surface area contributed by atoms with Crippen LogP contribution >= 0.6 is 0 Å². The second-order valence-corrected chi connectivity index (χ2v) is 4.09. The van der Waals surface area contributed by atoms with Crippen LogP contribution in [-0.2, 0) is 11.2 Å². The van der Waals surface area contributed by atoms with Gasteiger partial charge in [0.25, 0.3) is 0 Å². The van der Waals surface area contributed by atoms with E-state index in [1.165, 1.54) is 11.6 Å². The largest absolute Gasteiger partial charge is 0.491 e. The molecule has 0 radical (unpaired) electrons. The number of aryl methyl sites for hydroxylation is 1. The number of carboxylic acid groups (broad SMARTS) is 1. The van der Waals surface area contributed by atoms with Crippen molar-refractivity contribution in [2.45, 2.75) is 32.8 Å². The molecular weight excluding hydrogens is 216 g/mol. The van der Waals surface area contributed by atoms with Crippen molar-refractivity contribution in [2.24, 2.45) is 0 Å². The van der Waals surface area contributed by atoms with Crippen molar-refractivity contribution in [1.82, 2.24) is 0 Å². The highest BCUT2D eigenvalue weighted by Crippen LogP contribution is 2.14. The van der Waals surface area contributed by atoms with Crippen LogP contribution in [0.3, 0.4) is 0 Å². The van der Waals surface area contributed by atoms with Gasteiger partial charge in [-0.2, -0.15) is 0 Å². The number of rotatable bonds is 6. The van der Waals surface area contributed by atoms with Crippen LogP contribution in [0, 0.1) is 0 Å². The molecule has 0 amide bonds. The van der Waals surface area contributed by atoms with Gasteiger partial charge in [0.2, 0.25) is 0 Å². The number of allylic oxidation sites excluding steroid dienone is 1. The third kappa shape index (κ3) is 5.76. The minimum absolute atomic E-state index is 0.180. The molecule has 1 aromatic carbocycles. The molecule has 0 aliphatic rings. The first kappa shape index (κ1) is 13.3. The van der Waals surface area contributed by atoms with Gasteiger partial charge < -0.3 is 9.84 Å². The summed E-state index contributed by atoms with van der Waals surface area (Å²) in [5, 5.41) is 8.43. The third-order valence-corrected chi connectivity index (χ3v) is 2.16. The lowest BCUT2D eigenvalue weighted by Gasteiger charge is -2.09. The van der Waals surface area contributed by atoms with Gasteiger partial charge in [-0.1, -0.05) is 18.2 Å². The van der Waals surface area contributed by atoms with Gasteiger partial charge in [-0.3, -0.25) is 0 Å². The Labute approximate surface area is 102 Å². The normalized spacial score (nSPS) is 11.0. The Morgan fingerprint density at radius 3 is 2.53 bits per heavy atom. The lowest BCUT2D eigenvalue weighted by molar-refractivity contribution is -0.131. The fourth-order valence-corrected chi connectivity index (χ4v) is 1.44. The summed E-state index contributed by atoms with van der Waals surface area (Å²) in [7, 11) is 0. The van der Waals surface area contributed by atoms with Crippen molar-refractivity contribution < 1.29 is 14.6 Å². The molecule has 0 saturated carbocycles. The van der Waals surface area contributed by atoms with Gasteiger partial charge >= 0.3 is 5.97 Å². The van der Waals surface area contributed by atoms with Crippen LogP contribution in [0.15, 0.2) is 36.4 Å². The van der Waals surface area contributed by atoms with Gasteiger partial charge in [-0.15, -0.1) is 0 Å². The Morgan fingerprint density at radius 2 is 2.00 bits per heavy atom. The molecule has 3 nitrogen and oxygen atoms in total. The van der Waals surface area contributed by atoms with Crippen LogP contribution in [0.1, 0.15) is 25.8 Å². The molecule has 0 unspecified atom stereocenters. The number of carboxylic acids is 1. The summed E-state index contributed by atoms with van der Waals surface area (Å²) < 4.78 is 5.53. The zero-order valence-corrected chi connectivity index (χ0v) is 10.2. The Kier molecular flexibility index (Phi) is 5.27. The number of carbonyl (C=O) groups is 1. The molecule has 92 valence electrons. The molecule has 0 aliphatic carbocycles. The minimum Gasteiger partial charge on any atom is -0.491 e. The maximum Gasteiger partial charge on any atom is 0.327 e. The quantitative estimate of drug-likeness (QED) is 0.769. The fourth-order valence-electron chi connectivity index (χ4n) is 1.44.